The number of ether oxygens (including phenoxy) is 1. The summed E-state index contributed by atoms with van der Waals surface area (Å²) in [5.41, 5.74) is 1.07. The second-order valence-electron chi connectivity index (χ2n) is 11.0. The van der Waals surface area contributed by atoms with Crippen LogP contribution in [0.15, 0.2) is 77.7 Å². The van der Waals surface area contributed by atoms with E-state index in [4.69, 9.17) is 4.74 Å². The van der Waals surface area contributed by atoms with Gasteiger partial charge in [0.1, 0.15) is 6.23 Å². The molecule has 4 heteroatoms. The number of carbonyl (C=O) groups excluding carboxylic acids is 1. The van der Waals surface area contributed by atoms with E-state index in [1.165, 1.54) is 18.4 Å². The van der Waals surface area contributed by atoms with Crippen molar-refractivity contribution in [2.45, 2.75) is 62.5 Å². The average Bonchev–Trinajstić information content (AvgIpc) is 3.43. The Morgan fingerprint density at radius 1 is 1.03 bits per heavy atom. The van der Waals surface area contributed by atoms with Gasteiger partial charge in [-0.2, -0.15) is 0 Å². The van der Waals surface area contributed by atoms with Gasteiger partial charge in [-0.25, -0.2) is 0 Å². The summed E-state index contributed by atoms with van der Waals surface area (Å²) in [6, 6.07) is 21.1. The lowest BCUT2D eigenvalue weighted by atomic mass is 9.52. The van der Waals surface area contributed by atoms with Crippen molar-refractivity contribution >= 4 is 17.7 Å². The zero-order valence-corrected chi connectivity index (χ0v) is 22.1. The molecule has 0 unspecified atom stereocenters. The van der Waals surface area contributed by atoms with Gasteiger partial charge in [0.05, 0.1) is 5.92 Å². The molecule has 1 saturated heterocycles. The SMILES string of the molecule is CCO[C@H]1[C@H]2[C@@H](C(=O)N1CCC#CSc1ccccc1)[C@]1(c3ccccc3)C=C[C@]23CCCC[C@@]31C. The second-order valence-corrected chi connectivity index (χ2v) is 11.9. The summed E-state index contributed by atoms with van der Waals surface area (Å²) < 4.78 is 6.47. The van der Waals surface area contributed by atoms with E-state index in [9.17, 15) is 4.79 Å². The Kier molecular flexibility index (Phi) is 6.05. The number of carbonyl (C=O) groups is 1. The predicted octanol–water partition coefficient (Wildman–Crippen LogP) is 6.66. The van der Waals surface area contributed by atoms with E-state index in [0.717, 1.165) is 17.7 Å². The molecule has 0 spiro atoms. The molecule has 0 aromatic heterocycles. The van der Waals surface area contributed by atoms with E-state index in [1.54, 1.807) is 11.8 Å². The number of amides is 1. The Hall–Kier alpha value is -2.48. The van der Waals surface area contributed by atoms with Crippen molar-refractivity contribution in [1.82, 2.24) is 4.90 Å². The maximum Gasteiger partial charge on any atom is 0.229 e. The molecule has 2 aromatic rings. The fourth-order valence-corrected chi connectivity index (χ4v) is 8.97. The smallest absolute Gasteiger partial charge is 0.229 e. The summed E-state index contributed by atoms with van der Waals surface area (Å²) in [4.78, 5) is 17.6. The van der Waals surface area contributed by atoms with Gasteiger partial charge in [-0.1, -0.05) is 86.4 Å². The molecule has 3 nitrogen and oxygen atoms in total. The minimum atomic E-state index is -0.268. The fourth-order valence-electron chi connectivity index (χ4n) is 8.39. The van der Waals surface area contributed by atoms with Gasteiger partial charge in [-0.15, -0.1) is 0 Å². The zero-order chi connectivity index (χ0) is 24.8. The number of rotatable bonds is 6. The molecule has 6 rings (SSSR count). The number of fused-ring (bicyclic) bond motifs is 2. The first-order valence-corrected chi connectivity index (χ1v) is 14.3. The molecule has 2 bridgehead atoms. The van der Waals surface area contributed by atoms with Crippen LogP contribution in [0.25, 0.3) is 0 Å². The van der Waals surface area contributed by atoms with Crippen LogP contribution < -0.4 is 0 Å². The number of hydrogen-bond donors (Lipinski definition) is 0. The molecule has 0 N–H and O–H groups in total. The Labute approximate surface area is 219 Å². The van der Waals surface area contributed by atoms with Crippen molar-refractivity contribution < 1.29 is 9.53 Å². The van der Waals surface area contributed by atoms with Gasteiger partial charge in [0.2, 0.25) is 5.91 Å². The molecule has 3 fully saturated rings. The number of likely N-dealkylation sites (tertiary alicyclic amines) is 1. The lowest BCUT2D eigenvalue weighted by Crippen LogP contribution is -2.51. The fraction of sp³-hybridized carbons (Fsp3) is 0.469. The van der Waals surface area contributed by atoms with E-state index in [2.05, 4.69) is 79.6 Å². The van der Waals surface area contributed by atoms with Crippen LogP contribution in [0.4, 0.5) is 0 Å². The zero-order valence-electron chi connectivity index (χ0n) is 21.3. The first-order chi connectivity index (χ1) is 17.6. The molecule has 36 heavy (non-hydrogen) atoms. The minimum Gasteiger partial charge on any atom is -0.358 e. The van der Waals surface area contributed by atoms with Crippen molar-refractivity contribution in [2.75, 3.05) is 13.2 Å². The molecular formula is C32H35NO2S. The van der Waals surface area contributed by atoms with Crippen LogP contribution in [-0.2, 0) is 14.9 Å². The highest BCUT2D eigenvalue weighted by Gasteiger charge is 2.81. The molecule has 1 aliphatic heterocycles. The van der Waals surface area contributed by atoms with Gasteiger partial charge in [-0.3, -0.25) is 4.79 Å². The van der Waals surface area contributed by atoms with Crippen molar-refractivity contribution in [3.8, 4) is 11.2 Å². The van der Waals surface area contributed by atoms with E-state index in [-0.39, 0.29) is 40.2 Å². The van der Waals surface area contributed by atoms with Crippen molar-refractivity contribution in [2.24, 2.45) is 22.7 Å². The lowest BCUT2D eigenvalue weighted by Gasteiger charge is -2.52. The molecule has 3 aliphatic carbocycles. The van der Waals surface area contributed by atoms with Crippen LogP contribution >= 0.6 is 11.8 Å². The Bertz CT molecular complexity index is 1220. The Morgan fingerprint density at radius 2 is 1.75 bits per heavy atom. The van der Waals surface area contributed by atoms with Crippen LogP contribution in [0.2, 0.25) is 0 Å². The van der Waals surface area contributed by atoms with Crippen LogP contribution in [0, 0.1) is 33.8 Å². The van der Waals surface area contributed by atoms with Crippen LogP contribution in [0.3, 0.4) is 0 Å². The van der Waals surface area contributed by atoms with Crippen molar-refractivity contribution in [3.63, 3.8) is 0 Å². The largest absolute Gasteiger partial charge is 0.358 e. The molecular weight excluding hydrogens is 462 g/mol. The molecule has 0 radical (unpaired) electrons. The summed E-state index contributed by atoms with van der Waals surface area (Å²) in [5, 5.41) is 3.23. The van der Waals surface area contributed by atoms with Crippen molar-refractivity contribution in [3.05, 3.63) is 78.4 Å². The van der Waals surface area contributed by atoms with E-state index >= 15 is 0 Å². The molecule has 186 valence electrons. The standard InChI is InChI=1S/C32H35NO2S/c1-3-35-29-27-26(28(34)33(29)22-12-13-23-36-25-16-8-5-9-17-25)32(24-14-6-4-7-15-24)21-20-31(27)19-11-10-18-30(31,32)2/h4-9,14-17,20-21,26-27,29H,3,10-12,18-19,22H2,1-2H3/t26-,27+,29-,30-,31+,32+/m0/s1. The minimum absolute atomic E-state index is 0.00481. The van der Waals surface area contributed by atoms with Gasteiger partial charge in [0, 0.05) is 41.2 Å². The number of benzene rings is 2. The van der Waals surface area contributed by atoms with Gasteiger partial charge >= 0.3 is 0 Å². The number of allylic oxidation sites excluding steroid dienone is 2. The predicted molar refractivity (Wildman–Crippen MR) is 145 cm³/mol. The summed E-state index contributed by atoms with van der Waals surface area (Å²) in [5.74, 6) is 3.68. The summed E-state index contributed by atoms with van der Waals surface area (Å²) in [6.45, 7) is 5.77. The normalized spacial score (nSPS) is 35.9. The van der Waals surface area contributed by atoms with Gasteiger partial charge in [0.25, 0.3) is 0 Å². The van der Waals surface area contributed by atoms with Crippen LogP contribution in [-0.4, -0.2) is 30.2 Å². The molecule has 4 aliphatic rings. The van der Waals surface area contributed by atoms with E-state index in [0.29, 0.717) is 19.6 Å². The maximum atomic E-state index is 14.4. The molecule has 1 heterocycles. The first-order valence-electron chi connectivity index (χ1n) is 13.5. The van der Waals surface area contributed by atoms with Gasteiger partial charge in [0.15, 0.2) is 0 Å². The second kappa shape index (κ2) is 9.12. The molecule has 2 saturated carbocycles. The number of thioether (sulfide) groups is 1. The highest BCUT2D eigenvalue weighted by Crippen LogP contribution is 2.80. The molecule has 2 aromatic carbocycles. The van der Waals surface area contributed by atoms with Crippen LogP contribution in [0.5, 0.6) is 0 Å². The summed E-state index contributed by atoms with van der Waals surface area (Å²) in [7, 11) is 0. The highest BCUT2D eigenvalue weighted by molar-refractivity contribution is 8.03. The topological polar surface area (TPSA) is 29.5 Å². The monoisotopic (exact) mass is 497 g/mol. The van der Waals surface area contributed by atoms with Gasteiger partial charge < -0.3 is 9.64 Å². The van der Waals surface area contributed by atoms with E-state index < -0.39 is 0 Å². The average molecular weight is 498 g/mol. The Balaban J connectivity index is 1.33. The first kappa shape index (κ1) is 23.9. The lowest BCUT2D eigenvalue weighted by molar-refractivity contribution is -0.144. The summed E-state index contributed by atoms with van der Waals surface area (Å²) >= 11 is 1.55. The van der Waals surface area contributed by atoms with Crippen molar-refractivity contribution in [1.29, 1.82) is 0 Å². The molecule has 1 amide bonds. The third-order valence-electron chi connectivity index (χ3n) is 9.76. The third-order valence-corrected chi connectivity index (χ3v) is 10.5. The number of nitrogens with zero attached hydrogens (tertiary/aromatic N) is 1. The Morgan fingerprint density at radius 3 is 2.50 bits per heavy atom. The summed E-state index contributed by atoms with van der Waals surface area (Å²) in [6.07, 6.45) is 10.2. The van der Waals surface area contributed by atoms with Crippen LogP contribution in [0.1, 0.15) is 51.5 Å². The van der Waals surface area contributed by atoms with Gasteiger partial charge in [-0.05, 0) is 59.9 Å². The third kappa shape index (κ3) is 3.15. The number of hydrogen-bond acceptors (Lipinski definition) is 3. The molecule has 6 atom stereocenters. The highest BCUT2D eigenvalue weighted by atomic mass is 32.2. The van der Waals surface area contributed by atoms with E-state index in [1.807, 2.05) is 23.1 Å². The maximum absolute atomic E-state index is 14.4. The quantitative estimate of drug-likeness (QED) is 0.254.